The molecule has 2 unspecified atom stereocenters. The molecule has 0 amide bonds. The Morgan fingerprint density at radius 2 is 1.22 bits per heavy atom. The van der Waals surface area contributed by atoms with Gasteiger partial charge in [-0.3, -0.25) is 0 Å². The van der Waals surface area contributed by atoms with E-state index in [0.717, 1.165) is 0 Å². The zero-order chi connectivity index (χ0) is 22.8. The average molecular weight is 483 g/mol. The molecule has 0 aromatic heterocycles. The van der Waals surface area contributed by atoms with Crippen molar-refractivity contribution < 1.29 is 0 Å². The number of benzene rings is 3. The molecule has 0 heterocycles. The quantitative estimate of drug-likeness (QED) is 0.348. The summed E-state index contributed by atoms with van der Waals surface area (Å²) in [6, 6.07) is 20.5. The second kappa shape index (κ2) is 7.59. The molecule has 1 heteroatoms. The molecule has 0 aliphatic heterocycles. The Balaban J connectivity index is 1.64. The van der Waals surface area contributed by atoms with Crippen molar-refractivity contribution >= 4 is 28.1 Å². The van der Waals surface area contributed by atoms with Gasteiger partial charge in [0.1, 0.15) is 0 Å². The molecule has 0 fully saturated rings. The molecule has 2 atom stereocenters. The van der Waals surface area contributed by atoms with E-state index >= 15 is 0 Å². The third kappa shape index (κ3) is 3.25. The van der Waals surface area contributed by atoms with Crippen molar-refractivity contribution in [2.24, 2.45) is 5.41 Å². The van der Waals surface area contributed by atoms with Gasteiger partial charge in [0, 0.05) is 16.3 Å². The van der Waals surface area contributed by atoms with E-state index in [4.69, 9.17) is 0 Å². The number of hydrogen-bond acceptors (Lipinski definition) is 0. The fourth-order valence-corrected chi connectivity index (χ4v) is 7.09. The van der Waals surface area contributed by atoms with Gasteiger partial charge in [-0.05, 0) is 72.6 Å². The Morgan fingerprint density at radius 3 is 1.84 bits per heavy atom. The minimum atomic E-state index is 0.0552. The van der Waals surface area contributed by atoms with E-state index in [1.54, 1.807) is 0 Å². The molecule has 2 aliphatic rings. The fraction of sp³-hybridized carbons (Fsp3) is 0.290. The van der Waals surface area contributed by atoms with E-state index in [0.29, 0.717) is 11.8 Å². The van der Waals surface area contributed by atoms with E-state index in [2.05, 4.69) is 124 Å². The van der Waals surface area contributed by atoms with Crippen LogP contribution in [0.25, 0.3) is 23.3 Å². The molecule has 5 rings (SSSR count). The Bertz CT molecular complexity index is 1280. The highest BCUT2D eigenvalue weighted by molar-refractivity contribution is 9.10. The maximum absolute atomic E-state index is 3.78. The van der Waals surface area contributed by atoms with Crippen molar-refractivity contribution in [2.75, 3.05) is 0 Å². The average Bonchev–Trinajstić information content (AvgIpc) is 3.24. The van der Waals surface area contributed by atoms with E-state index in [1.807, 2.05) is 0 Å². The van der Waals surface area contributed by atoms with Crippen LogP contribution in [0.1, 0.15) is 72.9 Å². The first-order valence-electron chi connectivity index (χ1n) is 11.5. The molecular weight excluding hydrogens is 452 g/mol. The second-order valence-corrected chi connectivity index (χ2v) is 11.2. The summed E-state index contributed by atoms with van der Waals surface area (Å²) in [5, 5.41) is 0. The highest BCUT2D eigenvalue weighted by Gasteiger charge is 2.45. The first-order valence-corrected chi connectivity index (χ1v) is 12.3. The molecule has 32 heavy (non-hydrogen) atoms. The summed E-state index contributed by atoms with van der Waals surface area (Å²) in [5.74, 6) is 0.792. The summed E-state index contributed by atoms with van der Waals surface area (Å²) >= 11 is 3.78. The van der Waals surface area contributed by atoms with Gasteiger partial charge in [0.25, 0.3) is 0 Å². The smallest absolute Gasteiger partial charge is 0.0250 e. The first kappa shape index (κ1) is 21.5. The van der Waals surface area contributed by atoms with Crippen LogP contribution < -0.4 is 0 Å². The van der Waals surface area contributed by atoms with E-state index in [-0.39, 0.29) is 5.41 Å². The Kier molecular flexibility index (Phi) is 5.09. The standard InChI is InChI=1S/C31H31Br/c1-18-13-19(2)15-22(14-18)23-9-7-10-24-26(23)16-20(3)29(24)31(5,6)30-21(4)17-27-25(30)11-8-12-28(27)32/h7-17,29-30H,1-6H3. The molecule has 3 aromatic carbocycles. The molecule has 0 bridgehead atoms. The minimum Gasteiger partial charge on any atom is -0.0646 e. The lowest BCUT2D eigenvalue weighted by Gasteiger charge is -2.41. The lowest BCUT2D eigenvalue weighted by Crippen LogP contribution is -2.29. The predicted octanol–water partition coefficient (Wildman–Crippen LogP) is 9.46. The zero-order valence-electron chi connectivity index (χ0n) is 19.9. The van der Waals surface area contributed by atoms with Crippen LogP contribution >= 0.6 is 15.9 Å². The van der Waals surface area contributed by atoms with Gasteiger partial charge in [0.2, 0.25) is 0 Å². The highest BCUT2D eigenvalue weighted by atomic mass is 79.9. The topological polar surface area (TPSA) is 0 Å². The van der Waals surface area contributed by atoms with Crippen LogP contribution in [-0.4, -0.2) is 0 Å². The van der Waals surface area contributed by atoms with Crippen molar-refractivity contribution in [1.82, 2.24) is 0 Å². The maximum Gasteiger partial charge on any atom is 0.0250 e. The van der Waals surface area contributed by atoms with Gasteiger partial charge in [-0.1, -0.05) is 113 Å². The van der Waals surface area contributed by atoms with Crippen LogP contribution in [0.5, 0.6) is 0 Å². The van der Waals surface area contributed by atoms with E-state index in [1.165, 1.54) is 60.1 Å². The molecular formula is C31H31Br. The number of allylic oxidation sites excluding steroid dienone is 2. The van der Waals surface area contributed by atoms with Crippen LogP contribution in [0.15, 0.2) is 70.2 Å². The van der Waals surface area contributed by atoms with Gasteiger partial charge < -0.3 is 0 Å². The van der Waals surface area contributed by atoms with Crippen LogP contribution in [0, 0.1) is 19.3 Å². The Hall–Kier alpha value is -2.38. The van der Waals surface area contributed by atoms with E-state index in [9.17, 15) is 0 Å². The normalized spacial score (nSPS) is 19.5. The van der Waals surface area contributed by atoms with Gasteiger partial charge in [-0.2, -0.15) is 0 Å². The van der Waals surface area contributed by atoms with Gasteiger partial charge >= 0.3 is 0 Å². The number of fused-ring (bicyclic) bond motifs is 2. The highest BCUT2D eigenvalue weighted by Crippen LogP contribution is 2.59. The van der Waals surface area contributed by atoms with Crippen molar-refractivity contribution in [3.63, 3.8) is 0 Å². The van der Waals surface area contributed by atoms with Crippen LogP contribution in [-0.2, 0) is 0 Å². The lowest BCUT2D eigenvalue weighted by molar-refractivity contribution is 0.275. The Morgan fingerprint density at radius 1 is 0.688 bits per heavy atom. The SMILES string of the molecule is CC1=Cc2c(Br)cccc2C1C(C)(C)C1C(C)=Cc2c(-c3cc(C)cc(C)c3)cccc21. The zero-order valence-corrected chi connectivity index (χ0v) is 21.5. The van der Waals surface area contributed by atoms with Crippen LogP contribution in [0.3, 0.4) is 0 Å². The van der Waals surface area contributed by atoms with Gasteiger partial charge in [0.05, 0.1) is 0 Å². The molecule has 0 saturated heterocycles. The molecule has 2 aliphatic carbocycles. The largest absolute Gasteiger partial charge is 0.0646 e. The summed E-state index contributed by atoms with van der Waals surface area (Å²) in [4.78, 5) is 0. The molecule has 0 radical (unpaired) electrons. The first-order chi connectivity index (χ1) is 15.2. The predicted molar refractivity (Wildman–Crippen MR) is 142 cm³/mol. The molecule has 162 valence electrons. The summed E-state index contributed by atoms with van der Waals surface area (Å²) in [7, 11) is 0. The molecule has 0 N–H and O–H groups in total. The van der Waals surface area contributed by atoms with Crippen molar-refractivity contribution in [3.8, 4) is 11.1 Å². The Labute approximate surface area is 201 Å². The number of hydrogen-bond donors (Lipinski definition) is 0. The van der Waals surface area contributed by atoms with Crippen molar-refractivity contribution in [1.29, 1.82) is 0 Å². The minimum absolute atomic E-state index is 0.0552. The van der Waals surface area contributed by atoms with E-state index < -0.39 is 0 Å². The molecule has 0 spiro atoms. The van der Waals surface area contributed by atoms with Crippen LogP contribution in [0.4, 0.5) is 0 Å². The summed E-state index contributed by atoms with van der Waals surface area (Å²) in [6.07, 6.45) is 4.83. The van der Waals surface area contributed by atoms with Gasteiger partial charge in [0.15, 0.2) is 0 Å². The number of halogens is 1. The van der Waals surface area contributed by atoms with Gasteiger partial charge in [-0.15, -0.1) is 0 Å². The number of rotatable bonds is 3. The molecule has 3 aromatic rings. The third-order valence-electron chi connectivity index (χ3n) is 7.52. The van der Waals surface area contributed by atoms with Crippen molar-refractivity contribution in [3.05, 3.63) is 104 Å². The molecule has 0 nitrogen and oxygen atoms in total. The number of aryl methyl sites for hydroxylation is 2. The maximum atomic E-state index is 3.78. The third-order valence-corrected chi connectivity index (χ3v) is 8.22. The molecule has 0 saturated carbocycles. The van der Waals surface area contributed by atoms with Crippen molar-refractivity contribution in [2.45, 2.75) is 53.4 Å². The summed E-state index contributed by atoms with van der Waals surface area (Å²) in [5.41, 5.74) is 14.0. The monoisotopic (exact) mass is 482 g/mol. The van der Waals surface area contributed by atoms with Gasteiger partial charge in [-0.25, -0.2) is 0 Å². The summed E-state index contributed by atoms with van der Waals surface area (Å²) < 4.78 is 1.20. The second-order valence-electron chi connectivity index (χ2n) is 10.4. The summed E-state index contributed by atoms with van der Waals surface area (Å²) in [6.45, 7) is 13.9. The lowest BCUT2D eigenvalue weighted by atomic mass is 9.62. The fourth-order valence-electron chi connectivity index (χ4n) is 6.59. The van der Waals surface area contributed by atoms with Crippen LogP contribution in [0.2, 0.25) is 0 Å².